The lowest BCUT2D eigenvalue weighted by atomic mass is 10.0. The summed E-state index contributed by atoms with van der Waals surface area (Å²) in [6.07, 6.45) is 35.1. The zero-order valence-corrected chi connectivity index (χ0v) is 29.5. The Bertz CT molecular complexity index is 594. The third-order valence-electron chi connectivity index (χ3n) is 8.59. The van der Waals surface area contributed by atoms with E-state index in [0.29, 0.717) is 12.8 Å². The van der Waals surface area contributed by atoms with Crippen LogP contribution in [0, 0.1) is 0 Å². The van der Waals surface area contributed by atoms with Gasteiger partial charge in [0.05, 0.1) is 25.4 Å². The molecule has 0 aliphatic carbocycles. The first kappa shape index (κ1) is 42.8. The van der Waals surface area contributed by atoms with E-state index in [1.165, 1.54) is 141 Å². The summed E-state index contributed by atoms with van der Waals surface area (Å²) in [6.45, 7) is 3.93. The Kier molecular flexibility index (Phi) is 33.0. The van der Waals surface area contributed by atoms with Gasteiger partial charge in [0.15, 0.2) is 0 Å². The SMILES string of the molecule is CCCCCCCCCCCCCCCCC(O)COS(=O)(=O)OCC(O)CCCCCCCCCCCCCCCC. The molecule has 260 valence electrons. The molecule has 0 radical (unpaired) electrons. The van der Waals surface area contributed by atoms with Crippen molar-refractivity contribution in [2.75, 3.05) is 13.2 Å². The average Bonchev–Trinajstić information content (AvgIpc) is 2.99. The summed E-state index contributed by atoms with van der Waals surface area (Å²) in [5, 5.41) is 20.2. The van der Waals surface area contributed by atoms with Crippen LogP contribution in [-0.2, 0) is 18.8 Å². The molecule has 2 atom stereocenters. The normalized spacial score (nSPS) is 13.5. The van der Waals surface area contributed by atoms with Crippen LogP contribution >= 0.6 is 0 Å². The lowest BCUT2D eigenvalue weighted by molar-refractivity contribution is 0.0667. The van der Waals surface area contributed by atoms with Gasteiger partial charge in [-0.1, -0.05) is 194 Å². The average molecular weight is 635 g/mol. The fourth-order valence-corrected chi connectivity index (χ4v) is 6.39. The van der Waals surface area contributed by atoms with Crippen LogP contribution in [0.15, 0.2) is 0 Å². The van der Waals surface area contributed by atoms with Crippen molar-refractivity contribution in [2.24, 2.45) is 0 Å². The van der Waals surface area contributed by atoms with E-state index in [4.69, 9.17) is 8.37 Å². The van der Waals surface area contributed by atoms with Gasteiger partial charge in [-0.25, -0.2) is 8.37 Å². The fraction of sp³-hybridized carbons (Fsp3) is 1.00. The second-order valence-corrected chi connectivity index (χ2v) is 14.3. The Morgan fingerprint density at radius 2 is 0.605 bits per heavy atom. The summed E-state index contributed by atoms with van der Waals surface area (Å²) in [5.41, 5.74) is 0. The Labute approximate surface area is 268 Å². The van der Waals surface area contributed by atoms with Gasteiger partial charge in [0.2, 0.25) is 0 Å². The van der Waals surface area contributed by atoms with Crippen LogP contribution < -0.4 is 0 Å². The molecule has 0 rings (SSSR count). The van der Waals surface area contributed by atoms with Gasteiger partial charge in [-0.05, 0) is 12.8 Å². The third kappa shape index (κ3) is 34.5. The van der Waals surface area contributed by atoms with Gasteiger partial charge in [-0.15, -0.1) is 0 Å². The molecule has 0 spiro atoms. The zero-order chi connectivity index (χ0) is 31.7. The minimum atomic E-state index is -4.21. The second kappa shape index (κ2) is 33.2. The van der Waals surface area contributed by atoms with Crippen molar-refractivity contribution < 1.29 is 27.0 Å². The van der Waals surface area contributed by atoms with Crippen molar-refractivity contribution in [3.05, 3.63) is 0 Å². The van der Waals surface area contributed by atoms with Crippen LogP contribution in [0.4, 0.5) is 0 Å². The smallest absolute Gasteiger partial charge is 0.391 e. The van der Waals surface area contributed by atoms with Gasteiger partial charge in [0.1, 0.15) is 0 Å². The number of rotatable bonds is 36. The van der Waals surface area contributed by atoms with Crippen LogP contribution in [0.2, 0.25) is 0 Å². The lowest BCUT2D eigenvalue weighted by Crippen LogP contribution is -2.23. The summed E-state index contributed by atoms with van der Waals surface area (Å²) in [4.78, 5) is 0. The van der Waals surface area contributed by atoms with E-state index in [1.54, 1.807) is 0 Å². The zero-order valence-electron chi connectivity index (χ0n) is 28.7. The van der Waals surface area contributed by atoms with E-state index in [9.17, 15) is 18.6 Å². The molecule has 0 saturated carbocycles. The van der Waals surface area contributed by atoms with Crippen LogP contribution in [0.3, 0.4) is 0 Å². The maximum atomic E-state index is 12.0. The third-order valence-corrected chi connectivity index (χ3v) is 9.44. The number of hydrogen-bond acceptors (Lipinski definition) is 6. The van der Waals surface area contributed by atoms with E-state index >= 15 is 0 Å². The lowest BCUT2D eigenvalue weighted by Gasteiger charge is -2.13. The Morgan fingerprint density at radius 3 is 0.837 bits per heavy atom. The van der Waals surface area contributed by atoms with Crippen LogP contribution in [-0.4, -0.2) is 44.1 Å². The van der Waals surface area contributed by atoms with E-state index < -0.39 is 22.6 Å². The quantitative estimate of drug-likeness (QED) is 0.0666. The maximum Gasteiger partial charge on any atom is 0.400 e. The number of aliphatic hydroxyl groups excluding tert-OH is 2. The summed E-state index contributed by atoms with van der Waals surface area (Å²) >= 11 is 0. The first-order valence-corrected chi connectivity index (χ1v) is 20.1. The van der Waals surface area contributed by atoms with Crippen LogP contribution in [0.1, 0.15) is 206 Å². The molecule has 0 saturated heterocycles. The molecule has 2 unspecified atom stereocenters. The van der Waals surface area contributed by atoms with Gasteiger partial charge in [-0.3, -0.25) is 0 Å². The maximum absolute atomic E-state index is 12.0. The predicted octanol–water partition coefficient (Wildman–Crippen LogP) is 10.7. The van der Waals surface area contributed by atoms with E-state index in [-0.39, 0.29) is 13.2 Å². The van der Waals surface area contributed by atoms with Crippen molar-refractivity contribution >= 4 is 10.4 Å². The molecule has 2 N–H and O–H groups in total. The molecule has 0 aliphatic rings. The molecular weight excluding hydrogens is 560 g/mol. The van der Waals surface area contributed by atoms with Crippen molar-refractivity contribution in [3.8, 4) is 0 Å². The molecule has 6 nitrogen and oxygen atoms in total. The molecular formula is C36H74O6S. The summed E-state index contributed by atoms with van der Waals surface area (Å²) < 4.78 is 33.6. The van der Waals surface area contributed by atoms with Gasteiger partial charge in [0.25, 0.3) is 0 Å². The Balaban J connectivity index is 3.51. The number of unbranched alkanes of at least 4 members (excludes halogenated alkanes) is 26. The predicted molar refractivity (Wildman–Crippen MR) is 183 cm³/mol. The van der Waals surface area contributed by atoms with E-state index in [0.717, 1.165) is 38.5 Å². The van der Waals surface area contributed by atoms with Crippen LogP contribution in [0.25, 0.3) is 0 Å². The van der Waals surface area contributed by atoms with Crippen LogP contribution in [0.5, 0.6) is 0 Å². The molecule has 7 heteroatoms. The standard InChI is InChI=1S/C36H74O6S/c1-3-5-7-9-11-13-15-17-19-21-23-25-27-29-31-35(37)33-41-43(39,40)42-34-36(38)32-30-28-26-24-22-20-18-16-14-12-10-8-6-4-2/h35-38H,3-34H2,1-2H3. The van der Waals surface area contributed by atoms with Gasteiger partial charge < -0.3 is 10.2 Å². The molecule has 0 aromatic rings. The fourth-order valence-electron chi connectivity index (χ4n) is 5.67. The Hall–Kier alpha value is -0.210. The number of hydrogen-bond donors (Lipinski definition) is 2. The highest BCUT2D eigenvalue weighted by Crippen LogP contribution is 2.16. The molecule has 43 heavy (non-hydrogen) atoms. The first-order chi connectivity index (χ1) is 20.9. The molecule has 0 aromatic carbocycles. The van der Waals surface area contributed by atoms with E-state index in [1.807, 2.05) is 0 Å². The topological polar surface area (TPSA) is 93.1 Å². The highest BCUT2D eigenvalue weighted by atomic mass is 32.3. The second-order valence-electron chi connectivity index (χ2n) is 13.1. The summed E-state index contributed by atoms with van der Waals surface area (Å²) in [5.74, 6) is 0. The summed E-state index contributed by atoms with van der Waals surface area (Å²) in [7, 11) is -4.21. The molecule has 0 aromatic heterocycles. The van der Waals surface area contributed by atoms with Gasteiger partial charge in [-0.2, -0.15) is 8.42 Å². The van der Waals surface area contributed by atoms with E-state index in [2.05, 4.69) is 13.8 Å². The minimum Gasteiger partial charge on any atom is -0.391 e. The monoisotopic (exact) mass is 635 g/mol. The molecule has 0 aliphatic heterocycles. The van der Waals surface area contributed by atoms with Crippen molar-refractivity contribution in [1.82, 2.24) is 0 Å². The largest absolute Gasteiger partial charge is 0.400 e. The first-order valence-electron chi connectivity index (χ1n) is 18.8. The highest BCUT2D eigenvalue weighted by Gasteiger charge is 2.17. The van der Waals surface area contributed by atoms with Crippen molar-refractivity contribution in [2.45, 2.75) is 219 Å². The van der Waals surface area contributed by atoms with Crippen molar-refractivity contribution in [1.29, 1.82) is 0 Å². The van der Waals surface area contributed by atoms with Crippen molar-refractivity contribution in [3.63, 3.8) is 0 Å². The number of aliphatic hydroxyl groups is 2. The minimum absolute atomic E-state index is 0.296. The highest BCUT2D eigenvalue weighted by molar-refractivity contribution is 7.81. The summed E-state index contributed by atoms with van der Waals surface area (Å²) in [6, 6.07) is 0. The van der Waals surface area contributed by atoms with Gasteiger partial charge in [0, 0.05) is 0 Å². The molecule has 0 fully saturated rings. The molecule has 0 amide bonds. The molecule has 0 bridgehead atoms. The Morgan fingerprint density at radius 1 is 0.395 bits per heavy atom. The van der Waals surface area contributed by atoms with Gasteiger partial charge >= 0.3 is 10.4 Å². The molecule has 0 heterocycles.